The molecule has 0 unspecified atom stereocenters. The van der Waals surface area contributed by atoms with Gasteiger partial charge in [-0.2, -0.15) is 0 Å². The van der Waals surface area contributed by atoms with E-state index in [1.54, 1.807) is 32.4 Å². The van der Waals surface area contributed by atoms with E-state index in [2.05, 4.69) is 20.4 Å². The fourth-order valence-corrected chi connectivity index (χ4v) is 3.13. The second kappa shape index (κ2) is 8.57. The molecule has 0 radical (unpaired) electrons. The zero-order chi connectivity index (χ0) is 19.2. The molecular formula is C19H25N5O3. The first kappa shape index (κ1) is 18.8. The zero-order valence-electron chi connectivity index (χ0n) is 15.9. The van der Waals surface area contributed by atoms with E-state index in [0.717, 1.165) is 18.2 Å². The van der Waals surface area contributed by atoms with E-state index in [9.17, 15) is 4.79 Å². The van der Waals surface area contributed by atoms with E-state index in [1.165, 1.54) is 0 Å². The third-order valence-electron chi connectivity index (χ3n) is 4.53. The molecule has 1 fully saturated rings. The van der Waals surface area contributed by atoms with Gasteiger partial charge in [-0.05, 0) is 31.2 Å². The molecule has 3 rings (SSSR count). The number of methoxy groups -OCH3 is 2. The number of rotatable bonds is 6. The largest absolute Gasteiger partial charge is 0.493 e. The number of nitrogens with one attached hydrogen (secondary N) is 1. The highest BCUT2D eigenvalue weighted by Crippen LogP contribution is 2.31. The summed E-state index contributed by atoms with van der Waals surface area (Å²) in [6.07, 6.45) is 0. The Balaban J connectivity index is 1.66. The monoisotopic (exact) mass is 371 g/mol. The molecule has 27 heavy (non-hydrogen) atoms. The summed E-state index contributed by atoms with van der Waals surface area (Å²) in [5.41, 5.74) is 0.514. The Morgan fingerprint density at radius 3 is 2.44 bits per heavy atom. The fourth-order valence-electron chi connectivity index (χ4n) is 3.13. The van der Waals surface area contributed by atoms with Crippen molar-refractivity contribution in [3.05, 3.63) is 35.9 Å². The summed E-state index contributed by atoms with van der Waals surface area (Å²) < 4.78 is 10.7. The van der Waals surface area contributed by atoms with Crippen molar-refractivity contribution in [3.63, 3.8) is 0 Å². The number of hydrogen-bond acceptors (Lipinski definition) is 7. The van der Waals surface area contributed by atoms with Crippen LogP contribution in [0.2, 0.25) is 0 Å². The maximum atomic E-state index is 12.9. The van der Waals surface area contributed by atoms with Gasteiger partial charge >= 0.3 is 0 Å². The number of hydrogen-bond donors (Lipinski definition) is 1. The molecule has 2 aromatic rings. The van der Waals surface area contributed by atoms with Gasteiger partial charge in [-0.3, -0.25) is 4.79 Å². The molecule has 8 nitrogen and oxygen atoms in total. The van der Waals surface area contributed by atoms with Crippen LogP contribution in [0.25, 0.3) is 0 Å². The normalized spacial score (nSPS) is 14.0. The lowest BCUT2D eigenvalue weighted by Gasteiger charge is -2.35. The third kappa shape index (κ3) is 4.05. The minimum atomic E-state index is -0.0565. The molecule has 1 aliphatic rings. The molecule has 1 aromatic carbocycles. The Bertz CT molecular complexity index is 773. The first-order valence-corrected chi connectivity index (χ1v) is 9.00. The van der Waals surface area contributed by atoms with Gasteiger partial charge in [0.25, 0.3) is 5.91 Å². The van der Waals surface area contributed by atoms with Crippen LogP contribution in [0.4, 0.5) is 11.6 Å². The molecule has 1 aliphatic heterocycles. The summed E-state index contributed by atoms with van der Waals surface area (Å²) in [5.74, 6) is 2.55. The van der Waals surface area contributed by atoms with Crippen LogP contribution in [-0.2, 0) is 0 Å². The van der Waals surface area contributed by atoms with Crippen LogP contribution in [0.15, 0.2) is 30.3 Å². The summed E-state index contributed by atoms with van der Waals surface area (Å²) in [5, 5.41) is 11.6. The lowest BCUT2D eigenvalue weighted by molar-refractivity contribution is 0.0742. The summed E-state index contributed by atoms with van der Waals surface area (Å²) in [6, 6.07) is 9.22. The smallest absolute Gasteiger partial charge is 0.257 e. The van der Waals surface area contributed by atoms with E-state index in [1.807, 2.05) is 24.0 Å². The molecule has 0 atom stereocenters. The zero-order valence-corrected chi connectivity index (χ0v) is 15.9. The second-order valence-corrected chi connectivity index (χ2v) is 6.13. The van der Waals surface area contributed by atoms with Gasteiger partial charge in [-0.1, -0.05) is 6.07 Å². The van der Waals surface area contributed by atoms with Gasteiger partial charge < -0.3 is 24.6 Å². The van der Waals surface area contributed by atoms with Crippen LogP contribution in [-0.4, -0.2) is 67.9 Å². The highest BCUT2D eigenvalue weighted by molar-refractivity contribution is 5.98. The number of carbonyl (C=O) groups is 1. The second-order valence-electron chi connectivity index (χ2n) is 6.13. The molecule has 0 saturated carbocycles. The predicted molar refractivity (Wildman–Crippen MR) is 104 cm³/mol. The highest BCUT2D eigenvalue weighted by Gasteiger charge is 2.26. The topological polar surface area (TPSA) is 79.8 Å². The van der Waals surface area contributed by atoms with E-state index in [0.29, 0.717) is 43.2 Å². The maximum Gasteiger partial charge on any atom is 0.257 e. The Kier molecular flexibility index (Phi) is 5.95. The molecule has 144 valence electrons. The Morgan fingerprint density at radius 1 is 1.07 bits per heavy atom. The van der Waals surface area contributed by atoms with E-state index in [4.69, 9.17) is 9.47 Å². The minimum absolute atomic E-state index is 0.0565. The molecule has 1 saturated heterocycles. The first-order valence-electron chi connectivity index (χ1n) is 9.00. The predicted octanol–water partition coefficient (Wildman–Crippen LogP) is 1.89. The number of amides is 1. The van der Waals surface area contributed by atoms with E-state index >= 15 is 0 Å². The Labute approximate surface area is 159 Å². The van der Waals surface area contributed by atoms with Crippen LogP contribution in [0.5, 0.6) is 11.5 Å². The number of piperazine rings is 1. The first-order chi connectivity index (χ1) is 13.2. The van der Waals surface area contributed by atoms with Gasteiger partial charge in [0, 0.05) is 32.7 Å². The number of nitrogens with zero attached hydrogens (tertiary/aromatic N) is 4. The van der Waals surface area contributed by atoms with Crippen molar-refractivity contribution in [1.82, 2.24) is 15.1 Å². The maximum absolute atomic E-state index is 12.9. The number of para-hydroxylation sites is 1. The van der Waals surface area contributed by atoms with Crippen molar-refractivity contribution in [2.45, 2.75) is 6.92 Å². The van der Waals surface area contributed by atoms with Crippen LogP contribution in [0, 0.1) is 0 Å². The molecule has 0 aliphatic carbocycles. The number of ether oxygens (including phenoxy) is 2. The average molecular weight is 371 g/mol. The summed E-state index contributed by atoms with van der Waals surface area (Å²) in [4.78, 5) is 16.9. The van der Waals surface area contributed by atoms with Crippen molar-refractivity contribution in [1.29, 1.82) is 0 Å². The lowest BCUT2D eigenvalue weighted by atomic mass is 10.1. The number of carbonyl (C=O) groups excluding carboxylic acids is 1. The molecule has 0 bridgehead atoms. The molecule has 2 heterocycles. The molecule has 0 spiro atoms. The molecule has 1 aromatic heterocycles. The third-order valence-corrected chi connectivity index (χ3v) is 4.53. The molecule has 1 amide bonds. The van der Waals surface area contributed by atoms with Crippen LogP contribution in [0.3, 0.4) is 0 Å². The molecular weight excluding hydrogens is 346 g/mol. The van der Waals surface area contributed by atoms with Gasteiger partial charge in [0.15, 0.2) is 17.3 Å². The van der Waals surface area contributed by atoms with E-state index < -0.39 is 0 Å². The van der Waals surface area contributed by atoms with Gasteiger partial charge in [-0.15, -0.1) is 10.2 Å². The van der Waals surface area contributed by atoms with Gasteiger partial charge in [0.2, 0.25) is 0 Å². The van der Waals surface area contributed by atoms with Crippen molar-refractivity contribution >= 4 is 17.5 Å². The molecule has 8 heteroatoms. The van der Waals surface area contributed by atoms with Gasteiger partial charge in [0.1, 0.15) is 5.82 Å². The standard InChI is InChI=1S/C19H25N5O3/c1-4-20-16-8-9-17(22-21-16)23-10-12-24(13-11-23)19(25)14-6-5-7-15(26-2)18(14)27-3/h5-9H,4,10-13H2,1-3H3,(H,20,21). The minimum Gasteiger partial charge on any atom is -0.493 e. The Morgan fingerprint density at radius 2 is 1.85 bits per heavy atom. The van der Waals surface area contributed by atoms with Gasteiger partial charge in [-0.25, -0.2) is 0 Å². The van der Waals surface area contributed by atoms with Gasteiger partial charge in [0.05, 0.1) is 19.8 Å². The quantitative estimate of drug-likeness (QED) is 0.830. The van der Waals surface area contributed by atoms with Crippen molar-refractivity contribution in [3.8, 4) is 11.5 Å². The lowest BCUT2D eigenvalue weighted by Crippen LogP contribution is -2.49. The van der Waals surface area contributed by atoms with Crippen molar-refractivity contribution < 1.29 is 14.3 Å². The van der Waals surface area contributed by atoms with E-state index in [-0.39, 0.29) is 5.91 Å². The van der Waals surface area contributed by atoms with Crippen LogP contribution in [0.1, 0.15) is 17.3 Å². The van der Waals surface area contributed by atoms with Crippen LogP contribution >= 0.6 is 0 Å². The Hall–Kier alpha value is -3.03. The van der Waals surface area contributed by atoms with Crippen molar-refractivity contribution in [2.75, 3.05) is 57.2 Å². The van der Waals surface area contributed by atoms with Crippen LogP contribution < -0.4 is 19.7 Å². The number of aromatic nitrogens is 2. The number of benzene rings is 1. The highest BCUT2D eigenvalue weighted by atomic mass is 16.5. The summed E-state index contributed by atoms with van der Waals surface area (Å²) >= 11 is 0. The summed E-state index contributed by atoms with van der Waals surface area (Å²) in [6.45, 7) is 5.44. The summed E-state index contributed by atoms with van der Waals surface area (Å²) in [7, 11) is 3.11. The number of anilines is 2. The SMILES string of the molecule is CCNc1ccc(N2CCN(C(=O)c3cccc(OC)c3OC)CC2)nn1. The molecule has 1 N–H and O–H groups in total. The van der Waals surface area contributed by atoms with Crippen molar-refractivity contribution in [2.24, 2.45) is 0 Å². The fraction of sp³-hybridized carbons (Fsp3) is 0.421. The average Bonchev–Trinajstić information content (AvgIpc) is 2.73.